The van der Waals surface area contributed by atoms with Crippen molar-refractivity contribution in [3.63, 3.8) is 0 Å². The maximum atomic E-state index is 11.6. The molecule has 0 heterocycles. The lowest BCUT2D eigenvalue weighted by Crippen LogP contribution is -2.13. The molecule has 0 aromatic carbocycles. The lowest BCUT2D eigenvalue weighted by Gasteiger charge is -2.05. The maximum absolute atomic E-state index is 11.6. The van der Waals surface area contributed by atoms with Gasteiger partial charge in [0.1, 0.15) is 5.78 Å². The van der Waals surface area contributed by atoms with E-state index in [1.165, 1.54) is 32.1 Å². The van der Waals surface area contributed by atoms with Gasteiger partial charge >= 0.3 is 0 Å². The number of hydrogen-bond donors (Lipinski definition) is 0. The van der Waals surface area contributed by atoms with E-state index in [-0.39, 0.29) is 0 Å². The van der Waals surface area contributed by atoms with Crippen LogP contribution in [0.2, 0.25) is 0 Å². The Hall–Kier alpha value is -0.330. The molecule has 0 aliphatic heterocycles. The molecule has 2 aliphatic carbocycles. The molecule has 2 fully saturated rings. The van der Waals surface area contributed by atoms with E-state index in [4.69, 9.17) is 0 Å². The van der Waals surface area contributed by atoms with Crippen LogP contribution in [0, 0.1) is 17.8 Å². The molecule has 0 saturated heterocycles. The predicted octanol–water partition coefficient (Wildman–Crippen LogP) is 2.40. The van der Waals surface area contributed by atoms with E-state index in [0.29, 0.717) is 23.5 Å². The highest BCUT2D eigenvalue weighted by molar-refractivity contribution is 5.86. The lowest BCUT2D eigenvalue weighted by atomic mass is 9.98. The molecule has 0 aromatic heterocycles. The zero-order valence-corrected chi connectivity index (χ0v) is 7.18. The van der Waals surface area contributed by atoms with Crippen LogP contribution < -0.4 is 0 Å². The van der Waals surface area contributed by atoms with Crippen molar-refractivity contribution in [3.8, 4) is 0 Å². The Bertz CT molecular complexity index is 168. The molecule has 62 valence electrons. The third-order valence-corrected chi connectivity index (χ3v) is 3.23. The summed E-state index contributed by atoms with van der Waals surface area (Å²) in [6.07, 6.45) is 6.12. The molecule has 2 aliphatic rings. The zero-order chi connectivity index (χ0) is 7.84. The van der Waals surface area contributed by atoms with Crippen molar-refractivity contribution in [2.75, 3.05) is 0 Å². The summed E-state index contributed by atoms with van der Waals surface area (Å²) in [6, 6.07) is 0. The quantitative estimate of drug-likeness (QED) is 0.593. The molecule has 2 saturated carbocycles. The van der Waals surface area contributed by atoms with E-state index in [9.17, 15) is 4.79 Å². The van der Waals surface area contributed by atoms with Crippen molar-refractivity contribution < 1.29 is 4.79 Å². The van der Waals surface area contributed by atoms with E-state index in [0.717, 1.165) is 0 Å². The first-order valence-electron chi connectivity index (χ1n) is 4.83. The fourth-order valence-corrected chi connectivity index (χ4v) is 2.23. The molecule has 1 heteroatoms. The molecule has 2 unspecified atom stereocenters. The molecule has 0 aromatic rings. The van der Waals surface area contributed by atoms with Crippen LogP contribution in [0.4, 0.5) is 0 Å². The van der Waals surface area contributed by atoms with Crippen LogP contribution in [-0.2, 0) is 4.79 Å². The molecule has 0 N–H and O–H groups in total. The second-order valence-corrected chi connectivity index (χ2v) is 4.20. The second-order valence-electron chi connectivity index (χ2n) is 4.20. The van der Waals surface area contributed by atoms with Crippen LogP contribution >= 0.6 is 0 Å². The summed E-state index contributed by atoms with van der Waals surface area (Å²) in [5, 5.41) is 0. The van der Waals surface area contributed by atoms with Gasteiger partial charge in [-0.2, -0.15) is 0 Å². The number of carbonyl (C=O) groups is 1. The van der Waals surface area contributed by atoms with Gasteiger partial charge in [-0.25, -0.2) is 0 Å². The molecule has 2 rings (SSSR count). The maximum Gasteiger partial charge on any atom is 0.139 e. The van der Waals surface area contributed by atoms with Crippen molar-refractivity contribution in [1.82, 2.24) is 0 Å². The third-order valence-electron chi connectivity index (χ3n) is 3.23. The van der Waals surface area contributed by atoms with Crippen molar-refractivity contribution in [2.24, 2.45) is 17.8 Å². The lowest BCUT2D eigenvalue weighted by molar-refractivity contribution is -0.124. The monoisotopic (exact) mass is 152 g/mol. The summed E-state index contributed by atoms with van der Waals surface area (Å²) in [5.74, 6) is 2.24. The largest absolute Gasteiger partial charge is 0.299 e. The summed E-state index contributed by atoms with van der Waals surface area (Å²) in [7, 11) is 0. The predicted molar refractivity (Wildman–Crippen MR) is 44.2 cm³/mol. The molecule has 0 bridgehead atoms. The van der Waals surface area contributed by atoms with Crippen LogP contribution in [0.3, 0.4) is 0 Å². The first-order valence-corrected chi connectivity index (χ1v) is 4.83. The van der Waals surface area contributed by atoms with Crippen molar-refractivity contribution >= 4 is 5.78 Å². The van der Waals surface area contributed by atoms with E-state index in [1.54, 1.807) is 0 Å². The number of Topliss-reactive ketones (excluding diaryl/α,β-unsaturated/α-hetero) is 1. The Morgan fingerprint density at radius 1 is 1.27 bits per heavy atom. The highest BCUT2D eigenvalue weighted by Crippen LogP contribution is 2.42. The standard InChI is InChI=1S/C10H16O/c1-7-6-9(7)10(11)8-4-2-3-5-8/h7-9H,2-6H2,1H3. The minimum Gasteiger partial charge on any atom is -0.299 e. The minimum absolute atomic E-state index is 0.463. The van der Waals surface area contributed by atoms with Gasteiger partial charge in [0.25, 0.3) is 0 Å². The van der Waals surface area contributed by atoms with Gasteiger partial charge in [-0.05, 0) is 25.2 Å². The summed E-state index contributed by atoms with van der Waals surface area (Å²) >= 11 is 0. The molecule has 0 amide bonds. The van der Waals surface area contributed by atoms with Gasteiger partial charge in [-0.3, -0.25) is 4.79 Å². The topological polar surface area (TPSA) is 17.1 Å². The fourth-order valence-electron chi connectivity index (χ4n) is 2.23. The minimum atomic E-state index is 0.463. The first-order chi connectivity index (χ1) is 5.29. The van der Waals surface area contributed by atoms with Crippen LogP contribution in [0.15, 0.2) is 0 Å². The third kappa shape index (κ3) is 1.33. The van der Waals surface area contributed by atoms with Gasteiger partial charge in [0, 0.05) is 11.8 Å². The molecule has 1 nitrogen and oxygen atoms in total. The van der Waals surface area contributed by atoms with Crippen LogP contribution in [0.5, 0.6) is 0 Å². The number of ketones is 1. The smallest absolute Gasteiger partial charge is 0.139 e. The fraction of sp³-hybridized carbons (Fsp3) is 0.900. The number of rotatable bonds is 2. The first kappa shape index (κ1) is 7.33. The Morgan fingerprint density at radius 3 is 2.27 bits per heavy atom. The molecule has 2 atom stereocenters. The normalized spacial score (nSPS) is 37.5. The van der Waals surface area contributed by atoms with Crippen LogP contribution in [0.1, 0.15) is 39.0 Å². The Labute approximate surface area is 68.2 Å². The number of carbonyl (C=O) groups excluding carboxylic acids is 1. The molecule has 11 heavy (non-hydrogen) atoms. The average molecular weight is 152 g/mol. The van der Waals surface area contributed by atoms with Gasteiger partial charge in [-0.15, -0.1) is 0 Å². The van der Waals surface area contributed by atoms with Crippen molar-refractivity contribution in [2.45, 2.75) is 39.0 Å². The van der Waals surface area contributed by atoms with Gasteiger partial charge < -0.3 is 0 Å². The average Bonchev–Trinajstić information content (AvgIpc) is 2.56. The van der Waals surface area contributed by atoms with E-state index in [1.807, 2.05) is 0 Å². The van der Waals surface area contributed by atoms with Gasteiger partial charge in [0.15, 0.2) is 0 Å². The SMILES string of the molecule is CC1CC1C(=O)C1CCCC1. The highest BCUT2D eigenvalue weighted by Gasteiger charge is 2.42. The van der Waals surface area contributed by atoms with Crippen LogP contribution in [0.25, 0.3) is 0 Å². The molecule has 0 radical (unpaired) electrons. The van der Waals surface area contributed by atoms with Gasteiger partial charge in [0.2, 0.25) is 0 Å². The summed E-state index contributed by atoms with van der Waals surface area (Å²) in [6.45, 7) is 2.19. The van der Waals surface area contributed by atoms with Gasteiger partial charge in [-0.1, -0.05) is 19.8 Å². The molecule has 0 spiro atoms. The molecular formula is C10H16O. The highest BCUT2D eigenvalue weighted by atomic mass is 16.1. The van der Waals surface area contributed by atoms with Gasteiger partial charge in [0.05, 0.1) is 0 Å². The second kappa shape index (κ2) is 2.62. The van der Waals surface area contributed by atoms with E-state index < -0.39 is 0 Å². The summed E-state index contributed by atoms with van der Waals surface area (Å²) < 4.78 is 0. The summed E-state index contributed by atoms with van der Waals surface area (Å²) in [4.78, 5) is 11.6. The van der Waals surface area contributed by atoms with Crippen molar-refractivity contribution in [1.29, 1.82) is 0 Å². The van der Waals surface area contributed by atoms with Crippen LogP contribution in [-0.4, -0.2) is 5.78 Å². The Balaban J connectivity index is 1.89. The zero-order valence-electron chi connectivity index (χ0n) is 7.18. The Morgan fingerprint density at radius 2 is 1.82 bits per heavy atom. The molecular weight excluding hydrogens is 136 g/mol. The van der Waals surface area contributed by atoms with Crippen molar-refractivity contribution in [3.05, 3.63) is 0 Å². The summed E-state index contributed by atoms with van der Waals surface area (Å²) in [5.41, 5.74) is 0. The number of hydrogen-bond acceptors (Lipinski definition) is 1. The van der Waals surface area contributed by atoms with E-state index >= 15 is 0 Å². The Kier molecular flexibility index (Phi) is 1.74. The van der Waals surface area contributed by atoms with E-state index in [2.05, 4.69) is 6.92 Å².